The lowest BCUT2D eigenvalue weighted by Crippen LogP contribution is -2.14. The van der Waals surface area contributed by atoms with Gasteiger partial charge in [-0.05, 0) is 24.3 Å². The van der Waals surface area contributed by atoms with Gasteiger partial charge in [0.2, 0.25) is 0 Å². The Kier molecular flexibility index (Phi) is 2.02. The van der Waals surface area contributed by atoms with Gasteiger partial charge in [-0.15, -0.1) is 0 Å². The van der Waals surface area contributed by atoms with Crippen molar-refractivity contribution in [3.8, 4) is 0 Å². The molecule has 3 nitrogen and oxygen atoms in total. The largest absolute Gasteiger partial charge is 0.268 e. The fraction of sp³-hybridized carbons (Fsp3) is 0. The molecule has 0 atom stereocenters. The van der Waals surface area contributed by atoms with Crippen molar-refractivity contribution in [3.05, 3.63) is 58.6 Å². The molecule has 0 spiro atoms. The van der Waals surface area contributed by atoms with Crippen molar-refractivity contribution in [1.29, 1.82) is 0 Å². The molecule has 0 radical (unpaired) electrons. The van der Waals surface area contributed by atoms with E-state index >= 15 is 0 Å². The van der Waals surface area contributed by atoms with Gasteiger partial charge in [-0.1, -0.05) is 29.5 Å². The number of hydrogen-bond donors (Lipinski definition) is 0. The highest BCUT2D eigenvalue weighted by Crippen LogP contribution is 2.25. The molecule has 4 aromatic rings. The first-order valence-corrected chi connectivity index (χ1v) is 6.56. The van der Waals surface area contributed by atoms with Gasteiger partial charge in [-0.3, -0.25) is 9.20 Å². The van der Waals surface area contributed by atoms with E-state index in [1.165, 1.54) is 23.5 Å². The van der Waals surface area contributed by atoms with E-state index in [1.54, 1.807) is 10.5 Å². The van der Waals surface area contributed by atoms with E-state index in [9.17, 15) is 9.18 Å². The maximum Gasteiger partial charge on any atom is 0.267 e. The van der Waals surface area contributed by atoms with Crippen molar-refractivity contribution in [2.45, 2.75) is 0 Å². The SMILES string of the molecule is O=c1c2cccc(F)c2nc2sc3ccccc3n12. The van der Waals surface area contributed by atoms with Gasteiger partial charge in [0.15, 0.2) is 4.96 Å². The number of nitrogens with zero attached hydrogens (tertiary/aromatic N) is 2. The van der Waals surface area contributed by atoms with Crippen molar-refractivity contribution in [1.82, 2.24) is 9.38 Å². The molecule has 0 saturated heterocycles. The Balaban J connectivity index is 2.38. The van der Waals surface area contributed by atoms with Crippen LogP contribution in [-0.4, -0.2) is 9.38 Å². The smallest absolute Gasteiger partial charge is 0.267 e. The second-order valence-electron chi connectivity index (χ2n) is 4.24. The summed E-state index contributed by atoms with van der Waals surface area (Å²) in [7, 11) is 0. The summed E-state index contributed by atoms with van der Waals surface area (Å²) in [6, 6.07) is 12.0. The Labute approximate surface area is 110 Å². The summed E-state index contributed by atoms with van der Waals surface area (Å²) in [5.74, 6) is -0.463. The van der Waals surface area contributed by atoms with Crippen LogP contribution in [0.3, 0.4) is 0 Å². The molecule has 0 aliphatic rings. The lowest BCUT2D eigenvalue weighted by Gasteiger charge is -1.99. The minimum atomic E-state index is -0.463. The molecule has 92 valence electrons. The first-order chi connectivity index (χ1) is 9.25. The highest BCUT2D eigenvalue weighted by Gasteiger charge is 2.12. The molecule has 0 N–H and O–H groups in total. The molecule has 0 bridgehead atoms. The van der Waals surface area contributed by atoms with Crippen LogP contribution in [0.4, 0.5) is 4.39 Å². The first kappa shape index (κ1) is 10.6. The van der Waals surface area contributed by atoms with Crippen LogP contribution < -0.4 is 5.56 Å². The summed E-state index contributed by atoms with van der Waals surface area (Å²) in [5.41, 5.74) is 0.724. The zero-order chi connectivity index (χ0) is 13.0. The summed E-state index contributed by atoms with van der Waals surface area (Å²) in [6.45, 7) is 0. The third-order valence-electron chi connectivity index (χ3n) is 3.13. The Bertz CT molecular complexity index is 1000. The van der Waals surface area contributed by atoms with Gasteiger partial charge in [0.1, 0.15) is 11.3 Å². The average molecular weight is 270 g/mol. The molecule has 0 unspecified atom stereocenters. The second kappa shape index (κ2) is 3.61. The zero-order valence-electron chi connectivity index (χ0n) is 9.63. The maximum atomic E-state index is 13.7. The van der Waals surface area contributed by atoms with Gasteiger partial charge < -0.3 is 0 Å². The summed E-state index contributed by atoms with van der Waals surface area (Å²) in [6.07, 6.45) is 0. The third kappa shape index (κ3) is 1.36. The standard InChI is InChI=1S/C14H7FN2OS/c15-9-5-3-4-8-12(9)16-14-17(13(8)18)10-6-1-2-7-11(10)19-14/h1-7H. The highest BCUT2D eigenvalue weighted by atomic mass is 32.1. The lowest BCUT2D eigenvalue weighted by molar-refractivity contribution is 0.637. The van der Waals surface area contributed by atoms with Crippen molar-refractivity contribution >= 4 is 37.4 Å². The molecule has 4 rings (SSSR count). The van der Waals surface area contributed by atoms with Crippen LogP contribution in [0.2, 0.25) is 0 Å². The normalized spacial score (nSPS) is 11.6. The molecular weight excluding hydrogens is 263 g/mol. The number of aromatic nitrogens is 2. The van der Waals surface area contributed by atoms with Crippen LogP contribution in [-0.2, 0) is 0 Å². The number of thiazole rings is 1. The Morgan fingerprint density at radius 1 is 1.11 bits per heavy atom. The number of benzene rings is 2. The molecule has 0 amide bonds. The quantitative estimate of drug-likeness (QED) is 0.492. The van der Waals surface area contributed by atoms with E-state index < -0.39 is 5.82 Å². The molecule has 5 heteroatoms. The maximum absolute atomic E-state index is 13.7. The molecule has 0 aliphatic carbocycles. The fourth-order valence-corrected chi connectivity index (χ4v) is 3.28. The number of hydrogen-bond acceptors (Lipinski definition) is 3. The van der Waals surface area contributed by atoms with Crippen LogP contribution in [0.5, 0.6) is 0 Å². The zero-order valence-corrected chi connectivity index (χ0v) is 10.4. The summed E-state index contributed by atoms with van der Waals surface area (Å²) >= 11 is 1.38. The van der Waals surface area contributed by atoms with Gasteiger partial charge in [0.05, 0.1) is 15.6 Å². The van der Waals surface area contributed by atoms with Gasteiger partial charge in [-0.2, -0.15) is 0 Å². The molecule has 2 aromatic heterocycles. The monoisotopic (exact) mass is 270 g/mol. The highest BCUT2D eigenvalue weighted by molar-refractivity contribution is 7.23. The van der Waals surface area contributed by atoms with Crippen LogP contribution in [0.25, 0.3) is 26.1 Å². The Morgan fingerprint density at radius 3 is 2.84 bits per heavy atom. The van der Waals surface area contributed by atoms with Gasteiger partial charge in [0, 0.05) is 0 Å². The summed E-state index contributed by atoms with van der Waals surface area (Å²) in [5, 5.41) is 0.307. The Hall–Kier alpha value is -2.27. The minimum absolute atomic E-state index is 0.138. The number of fused-ring (bicyclic) bond motifs is 4. The van der Waals surface area contributed by atoms with E-state index in [0.29, 0.717) is 10.3 Å². The van der Waals surface area contributed by atoms with Crippen LogP contribution in [0.1, 0.15) is 0 Å². The molecule has 2 heterocycles. The van der Waals surface area contributed by atoms with E-state index in [1.807, 2.05) is 24.3 Å². The van der Waals surface area contributed by atoms with Crippen LogP contribution in [0, 0.1) is 5.82 Å². The second-order valence-corrected chi connectivity index (χ2v) is 5.25. The number of halogens is 1. The van der Waals surface area contributed by atoms with Crippen molar-refractivity contribution in [2.24, 2.45) is 0 Å². The molecule has 19 heavy (non-hydrogen) atoms. The predicted octanol–water partition coefficient (Wildman–Crippen LogP) is 3.20. The molecule has 2 aromatic carbocycles. The number of rotatable bonds is 0. The van der Waals surface area contributed by atoms with E-state index in [2.05, 4.69) is 4.98 Å². The fourth-order valence-electron chi connectivity index (χ4n) is 2.26. The molecule has 0 saturated carbocycles. The van der Waals surface area contributed by atoms with Crippen molar-refractivity contribution < 1.29 is 4.39 Å². The topological polar surface area (TPSA) is 34.4 Å². The molecule has 0 fully saturated rings. The van der Waals surface area contributed by atoms with E-state index in [0.717, 1.165) is 10.2 Å². The predicted molar refractivity (Wildman–Crippen MR) is 74.3 cm³/mol. The van der Waals surface area contributed by atoms with Gasteiger partial charge >= 0.3 is 0 Å². The summed E-state index contributed by atoms with van der Waals surface area (Å²) < 4.78 is 16.2. The van der Waals surface area contributed by atoms with E-state index in [4.69, 9.17) is 0 Å². The summed E-state index contributed by atoms with van der Waals surface area (Å²) in [4.78, 5) is 17.3. The molecule has 0 aliphatic heterocycles. The minimum Gasteiger partial charge on any atom is -0.268 e. The first-order valence-electron chi connectivity index (χ1n) is 5.74. The van der Waals surface area contributed by atoms with Crippen LogP contribution >= 0.6 is 11.3 Å². The van der Waals surface area contributed by atoms with Crippen molar-refractivity contribution in [3.63, 3.8) is 0 Å². The average Bonchev–Trinajstić information content (AvgIpc) is 2.79. The lowest BCUT2D eigenvalue weighted by atomic mass is 10.2. The Morgan fingerprint density at radius 2 is 1.95 bits per heavy atom. The van der Waals surface area contributed by atoms with Gasteiger partial charge in [0.25, 0.3) is 5.56 Å². The van der Waals surface area contributed by atoms with Crippen LogP contribution in [0.15, 0.2) is 47.3 Å². The van der Waals surface area contributed by atoms with E-state index in [-0.39, 0.29) is 11.1 Å². The van der Waals surface area contributed by atoms with Gasteiger partial charge in [-0.25, -0.2) is 9.37 Å². The van der Waals surface area contributed by atoms with Crippen molar-refractivity contribution in [2.75, 3.05) is 0 Å². The number of para-hydroxylation sites is 2. The molecular formula is C14H7FN2OS. The third-order valence-corrected chi connectivity index (χ3v) is 4.15.